The van der Waals surface area contributed by atoms with Crippen LogP contribution in [0.25, 0.3) is 0 Å². The minimum Gasteiger partial charge on any atom is -0.503 e. The molecular weight excluding hydrogens is 169 g/mol. The average Bonchev–Trinajstić information content (AvgIpc) is 2.08. The van der Waals surface area contributed by atoms with Crippen LogP contribution < -0.4 is 5.73 Å². The topological polar surface area (TPSA) is 107 Å². The van der Waals surface area contributed by atoms with Crippen molar-refractivity contribution in [1.82, 2.24) is 0 Å². The normalized spacial score (nSPS) is 10.1. The van der Waals surface area contributed by atoms with Gasteiger partial charge in [0.2, 0.25) is 17.2 Å². The van der Waals surface area contributed by atoms with Crippen LogP contribution in [0.1, 0.15) is 0 Å². The molecule has 1 aromatic rings. The van der Waals surface area contributed by atoms with Gasteiger partial charge in [0.1, 0.15) is 5.69 Å². The van der Waals surface area contributed by atoms with Crippen molar-refractivity contribution in [3.05, 3.63) is 5.82 Å². The number of phenolic OH excluding ortho intramolecular Hbond substituents is 4. The molecule has 0 aliphatic rings. The summed E-state index contributed by atoms with van der Waals surface area (Å²) in [5.74, 6) is -5.75. The summed E-state index contributed by atoms with van der Waals surface area (Å²) in [5.41, 5.74) is 4.08. The van der Waals surface area contributed by atoms with Gasteiger partial charge in [-0.25, -0.2) is 4.39 Å². The fourth-order valence-electron chi connectivity index (χ4n) is 0.687. The van der Waals surface area contributed by atoms with Gasteiger partial charge >= 0.3 is 0 Å². The summed E-state index contributed by atoms with van der Waals surface area (Å²) in [4.78, 5) is 0. The van der Waals surface area contributed by atoms with Crippen molar-refractivity contribution in [3.8, 4) is 23.0 Å². The molecule has 0 unspecified atom stereocenters. The van der Waals surface area contributed by atoms with Crippen LogP contribution in [0.15, 0.2) is 0 Å². The summed E-state index contributed by atoms with van der Waals surface area (Å²) < 4.78 is 12.6. The molecule has 66 valence electrons. The van der Waals surface area contributed by atoms with Crippen LogP contribution in [0, 0.1) is 5.82 Å². The Kier molecular flexibility index (Phi) is 1.60. The molecule has 5 nitrogen and oxygen atoms in total. The zero-order valence-corrected chi connectivity index (χ0v) is 5.74. The maximum absolute atomic E-state index is 12.6. The van der Waals surface area contributed by atoms with Gasteiger partial charge in [0.25, 0.3) is 0 Å². The maximum atomic E-state index is 12.6. The Morgan fingerprint density at radius 1 is 0.833 bits per heavy atom. The first-order valence-electron chi connectivity index (χ1n) is 2.87. The quantitative estimate of drug-likeness (QED) is 0.220. The summed E-state index contributed by atoms with van der Waals surface area (Å²) in [5, 5.41) is 35.0. The third-order valence-electron chi connectivity index (χ3n) is 1.37. The third kappa shape index (κ3) is 0.849. The standard InChI is InChI=1S/C6H6FNO4/c7-1-2(8)4(10)6(12)5(11)3(1)9/h9-12H,8H2. The van der Waals surface area contributed by atoms with E-state index in [0.717, 1.165) is 0 Å². The van der Waals surface area contributed by atoms with Crippen molar-refractivity contribution in [2.75, 3.05) is 5.73 Å². The molecule has 0 atom stereocenters. The van der Waals surface area contributed by atoms with E-state index in [9.17, 15) is 4.39 Å². The molecular formula is C6H6FNO4. The molecule has 6 N–H and O–H groups in total. The highest BCUT2D eigenvalue weighted by Crippen LogP contribution is 2.47. The zero-order valence-electron chi connectivity index (χ0n) is 5.74. The molecule has 0 fully saturated rings. The van der Waals surface area contributed by atoms with Crippen molar-refractivity contribution in [1.29, 1.82) is 0 Å². The smallest absolute Gasteiger partial charge is 0.207 e. The molecule has 1 rings (SSSR count). The summed E-state index contributed by atoms with van der Waals surface area (Å²) in [6, 6.07) is 0. The fourth-order valence-corrected chi connectivity index (χ4v) is 0.687. The molecule has 0 radical (unpaired) electrons. The lowest BCUT2D eigenvalue weighted by Gasteiger charge is -2.06. The predicted molar refractivity (Wildman–Crippen MR) is 37.5 cm³/mol. The first kappa shape index (κ1) is 8.25. The minimum atomic E-state index is -1.37. The Hall–Kier alpha value is -1.85. The second-order valence-electron chi connectivity index (χ2n) is 2.12. The second kappa shape index (κ2) is 2.33. The van der Waals surface area contributed by atoms with Gasteiger partial charge in [-0.2, -0.15) is 0 Å². The summed E-state index contributed by atoms with van der Waals surface area (Å²) in [7, 11) is 0. The van der Waals surface area contributed by atoms with Crippen LogP contribution in [0.5, 0.6) is 23.0 Å². The lowest BCUT2D eigenvalue weighted by atomic mass is 10.2. The number of hydrogen-bond acceptors (Lipinski definition) is 5. The summed E-state index contributed by atoms with van der Waals surface area (Å²) >= 11 is 0. The third-order valence-corrected chi connectivity index (χ3v) is 1.37. The van der Waals surface area contributed by atoms with Crippen molar-refractivity contribution >= 4 is 5.69 Å². The predicted octanol–water partition coefficient (Wildman–Crippen LogP) is 0.230. The number of hydrogen-bond donors (Lipinski definition) is 5. The van der Waals surface area contributed by atoms with Crippen LogP contribution in [-0.4, -0.2) is 20.4 Å². The number of nitrogen functional groups attached to an aromatic ring is 1. The van der Waals surface area contributed by atoms with Gasteiger partial charge in [-0.05, 0) is 0 Å². The fraction of sp³-hybridized carbons (Fsp3) is 0. The largest absolute Gasteiger partial charge is 0.503 e. The minimum absolute atomic E-state index is 0.817. The second-order valence-corrected chi connectivity index (χ2v) is 2.12. The highest BCUT2D eigenvalue weighted by atomic mass is 19.1. The number of rotatable bonds is 0. The highest BCUT2D eigenvalue weighted by Gasteiger charge is 2.21. The number of phenols is 4. The number of nitrogens with two attached hydrogens (primary N) is 1. The van der Waals surface area contributed by atoms with Gasteiger partial charge in [-0.15, -0.1) is 0 Å². The lowest BCUT2D eigenvalue weighted by molar-refractivity contribution is 0.334. The Morgan fingerprint density at radius 2 is 1.25 bits per heavy atom. The van der Waals surface area contributed by atoms with E-state index in [1.165, 1.54) is 0 Å². The van der Waals surface area contributed by atoms with Crippen LogP contribution >= 0.6 is 0 Å². The van der Waals surface area contributed by atoms with Crippen molar-refractivity contribution < 1.29 is 24.8 Å². The van der Waals surface area contributed by atoms with Crippen LogP contribution in [0.4, 0.5) is 10.1 Å². The number of anilines is 1. The average molecular weight is 175 g/mol. The Labute approximate surface area is 66.1 Å². The molecule has 0 bridgehead atoms. The van der Waals surface area contributed by atoms with Crippen LogP contribution in [-0.2, 0) is 0 Å². The van der Waals surface area contributed by atoms with E-state index >= 15 is 0 Å². The molecule has 12 heavy (non-hydrogen) atoms. The van der Waals surface area contributed by atoms with E-state index in [2.05, 4.69) is 0 Å². The monoisotopic (exact) mass is 175 g/mol. The molecule has 0 saturated carbocycles. The Morgan fingerprint density at radius 3 is 1.75 bits per heavy atom. The molecule has 6 heteroatoms. The maximum Gasteiger partial charge on any atom is 0.207 e. The van der Waals surface area contributed by atoms with Gasteiger partial charge in [-0.1, -0.05) is 0 Å². The molecule has 0 spiro atoms. The van der Waals surface area contributed by atoms with Gasteiger partial charge < -0.3 is 26.2 Å². The highest BCUT2D eigenvalue weighted by molar-refractivity contribution is 5.69. The van der Waals surface area contributed by atoms with Gasteiger partial charge in [0.15, 0.2) is 11.6 Å². The molecule has 0 heterocycles. The molecule has 0 saturated heterocycles. The van der Waals surface area contributed by atoms with E-state index in [4.69, 9.17) is 26.2 Å². The molecule has 0 aliphatic carbocycles. The first-order chi connectivity index (χ1) is 5.46. The summed E-state index contributed by atoms with van der Waals surface area (Å²) in [6.45, 7) is 0. The number of aromatic hydroxyl groups is 4. The molecule has 0 amide bonds. The Balaban J connectivity index is 3.60. The van der Waals surface area contributed by atoms with Gasteiger partial charge in [0, 0.05) is 0 Å². The van der Waals surface area contributed by atoms with Gasteiger partial charge in [-0.3, -0.25) is 0 Å². The first-order valence-corrected chi connectivity index (χ1v) is 2.87. The SMILES string of the molecule is Nc1c(O)c(O)c(O)c(O)c1F. The number of halogens is 1. The van der Waals surface area contributed by atoms with Crippen molar-refractivity contribution in [2.45, 2.75) is 0 Å². The lowest BCUT2D eigenvalue weighted by Crippen LogP contribution is -1.92. The summed E-state index contributed by atoms with van der Waals surface area (Å²) in [6.07, 6.45) is 0. The van der Waals surface area contributed by atoms with Crippen LogP contribution in [0.3, 0.4) is 0 Å². The Bertz CT molecular complexity index is 234. The van der Waals surface area contributed by atoms with E-state index in [-0.39, 0.29) is 0 Å². The van der Waals surface area contributed by atoms with Crippen molar-refractivity contribution in [3.63, 3.8) is 0 Å². The van der Waals surface area contributed by atoms with Crippen LogP contribution in [0.2, 0.25) is 0 Å². The van der Waals surface area contributed by atoms with E-state index in [0.29, 0.717) is 0 Å². The van der Waals surface area contributed by atoms with Crippen molar-refractivity contribution in [2.24, 2.45) is 0 Å². The zero-order chi connectivity index (χ0) is 9.46. The molecule has 0 aromatic heterocycles. The van der Waals surface area contributed by atoms with E-state index in [1.54, 1.807) is 0 Å². The molecule has 1 aromatic carbocycles. The van der Waals surface area contributed by atoms with Gasteiger partial charge in [0.05, 0.1) is 0 Å². The molecule has 0 aliphatic heterocycles. The van der Waals surface area contributed by atoms with E-state index in [1.807, 2.05) is 0 Å². The number of benzene rings is 1. The van der Waals surface area contributed by atoms with E-state index < -0.39 is 34.5 Å².